The van der Waals surface area contributed by atoms with Gasteiger partial charge in [-0.3, -0.25) is 10.1 Å². The first-order valence-corrected chi connectivity index (χ1v) is 6.43. The first-order chi connectivity index (χ1) is 9.97. The van der Waals surface area contributed by atoms with Crippen LogP contribution in [0.1, 0.15) is 5.56 Å². The van der Waals surface area contributed by atoms with Gasteiger partial charge >= 0.3 is 6.03 Å². The Morgan fingerprint density at radius 2 is 1.90 bits per heavy atom. The number of nitrogens with one attached hydrogen (secondary N) is 2. The van der Waals surface area contributed by atoms with Crippen LogP contribution in [0.3, 0.4) is 0 Å². The third-order valence-electron chi connectivity index (χ3n) is 2.79. The Bertz CT molecular complexity index is 704. The van der Waals surface area contributed by atoms with E-state index in [0.717, 1.165) is 5.56 Å². The normalized spacial score (nSPS) is 10.0. The van der Waals surface area contributed by atoms with Crippen LogP contribution in [-0.2, 0) is 0 Å². The highest BCUT2D eigenvalue weighted by Crippen LogP contribution is 2.27. The molecule has 0 heterocycles. The molecule has 2 rings (SSSR count). The van der Waals surface area contributed by atoms with Crippen LogP contribution in [0.5, 0.6) is 0 Å². The second-order valence-electron chi connectivity index (χ2n) is 4.32. The van der Waals surface area contributed by atoms with Crippen LogP contribution in [0, 0.1) is 17.0 Å². The summed E-state index contributed by atoms with van der Waals surface area (Å²) in [5.74, 6) is 0. The van der Waals surface area contributed by atoms with Crippen molar-refractivity contribution in [3.8, 4) is 0 Å². The molecule has 0 aromatic heterocycles. The fourth-order valence-corrected chi connectivity index (χ4v) is 1.91. The molecule has 0 spiro atoms. The lowest BCUT2D eigenvalue weighted by Crippen LogP contribution is -2.19. The van der Waals surface area contributed by atoms with Gasteiger partial charge in [0.25, 0.3) is 5.69 Å². The smallest absolute Gasteiger partial charge is 0.307 e. The second kappa shape index (κ2) is 6.23. The van der Waals surface area contributed by atoms with E-state index in [2.05, 4.69) is 10.6 Å². The van der Waals surface area contributed by atoms with E-state index in [1.165, 1.54) is 18.2 Å². The molecule has 0 aliphatic rings. The molecular weight excluding hydrogens is 294 g/mol. The summed E-state index contributed by atoms with van der Waals surface area (Å²) in [5, 5.41) is 16.0. The molecule has 2 aromatic carbocycles. The number of anilines is 2. The van der Waals surface area contributed by atoms with Crippen molar-refractivity contribution >= 4 is 34.7 Å². The number of amides is 2. The molecule has 0 fully saturated rings. The average Bonchev–Trinajstić information content (AvgIpc) is 2.43. The lowest BCUT2D eigenvalue weighted by atomic mass is 10.2. The molecule has 0 atom stereocenters. The monoisotopic (exact) mass is 305 g/mol. The Kier molecular flexibility index (Phi) is 4.39. The minimum atomic E-state index is -0.604. The molecule has 0 unspecified atom stereocenters. The molecule has 0 saturated heterocycles. The van der Waals surface area contributed by atoms with Crippen LogP contribution in [0.2, 0.25) is 5.02 Å². The number of halogens is 1. The van der Waals surface area contributed by atoms with E-state index in [1.807, 2.05) is 19.1 Å². The topological polar surface area (TPSA) is 84.3 Å². The van der Waals surface area contributed by atoms with Gasteiger partial charge in [0.2, 0.25) is 0 Å². The van der Waals surface area contributed by atoms with Gasteiger partial charge in [-0.15, -0.1) is 0 Å². The molecule has 2 N–H and O–H groups in total. The maximum absolute atomic E-state index is 11.9. The third-order valence-corrected chi connectivity index (χ3v) is 3.11. The Labute approximate surface area is 125 Å². The van der Waals surface area contributed by atoms with Gasteiger partial charge in [-0.1, -0.05) is 29.8 Å². The highest BCUT2D eigenvalue weighted by atomic mass is 35.5. The Balaban J connectivity index is 2.12. The number of carbonyl (C=O) groups excluding carboxylic acids is 1. The number of nitro benzene ring substituents is 1. The summed E-state index contributed by atoms with van der Waals surface area (Å²) in [7, 11) is 0. The van der Waals surface area contributed by atoms with Crippen molar-refractivity contribution in [1.29, 1.82) is 0 Å². The summed E-state index contributed by atoms with van der Waals surface area (Å²) < 4.78 is 0. The van der Waals surface area contributed by atoms with Crippen LogP contribution in [0.15, 0.2) is 42.5 Å². The van der Waals surface area contributed by atoms with Crippen molar-refractivity contribution in [3.05, 3.63) is 63.2 Å². The van der Waals surface area contributed by atoms with Crippen molar-refractivity contribution in [2.75, 3.05) is 10.6 Å². The van der Waals surface area contributed by atoms with Crippen LogP contribution in [0.25, 0.3) is 0 Å². The van der Waals surface area contributed by atoms with E-state index in [0.29, 0.717) is 5.69 Å². The van der Waals surface area contributed by atoms with Gasteiger partial charge in [0.05, 0.1) is 4.92 Å². The van der Waals surface area contributed by atoms with E-state index in [-0.39, 0.29) is 16.4 Å². The summed E-state index contributed by atoms with van der Waals surface area (Å²) >= 11 is 5.71. The first-order valence-electron chi connectivity index (χ1n) is 6.05. The van der Waals surface area contributed by atoms with Crippen LogP contribution < -0.4 is 10.6 Å². The number of nitrogens with zero attached hydrogens (tertiary/aromatic N) is 1. The first kappa shape index (κ1) is 14.8. The van der Waals surface area contributed by atoms with Crippen LogP contribution in [0.4, 0.5) is 21.9 Å². The number of carbonyl (C=O) groups is 1. The number of benzene rings is 2. The van der Waals surface area contributed by atoms with Gasteiger partial charge in [0, 0.05) is 17.4 Å². The molecular formula is C14H12ClN3O3. The highest BCUT2D eigenvalue weighted by molar-refractivity contribution is 6.32. The van der Waals surface area contributed by atoms with Crippen molar-refractivity contribution in [2.45, 2.75) is 6.92 Å². The Morgan fingerprint density at radius 3 is 2.57 bits per heavy atom. The molecule has 6 nitrogen and oxygen atoms in total. The van der Waals surface area contributed by atoms with Crippen molar-refractivity contribution in [2.24, 2.45) is 0 Å². The minimum absolute atomic E-state index is 0.0184. The quantitative estimate of drug-likeness (QED) is 0.658. The number of nitro groups is 1. The number of hydrogen-bond acceptors (Lipinski definition) is 3. The number of hydrogen-bond donors (Lipinski definition) is 2. The Morgan fingerprint density at radius 1 is 1.19 bits per heavy atom. The van der Waals surface area contributed by atoms with E-state index in [1.54, 1.807) is 12.1 Å². The molecule has 0 aliphatic heterocycles. The Hall–Kier alpha value is -2.60. The fourth-order valence-electron chi connectivity index (χ4n) is 1.73. The molecule has 21 heavy (non-hydrogen) atoms. The fraction of sp³-hybridized carbons (Fsp3) is 0.0714. The summed E-state index contributed by atoms with van der Waals surface area (Å²) in [6.07, 6.45) is 0. The molecule has 2 amide bonds. The zero-order chi connectivity index (χ0) is 15.4. The SMILES string of the molecule is Cc1ccccc1NC(=O)Nc1ccc(Cl)c([N+](=O)[O-])c1. The van der Waals surface area contributed by atoms with Gasteiger partial charge in [0.15, 0.2) is 0 Å². The summed E-state index contributed by atoms with van der Waals surface area (Å²) in [5.41, 5.74) is 1.61. The van der Waals surface area contributed by atoms with Gasteiger partial charge < -0.3 is 10.6 Å². The second-order valence-corrected chi connectivity index (χ2v) is 4.72. The maximum atomic E-state index is 11.9. The minimum Gasteiger partial charge on any atom is -0.307 e. The molecule has 2 aromatic rings. The number of aryl methyl sites for hydroxylation is 1. The van der Waals surface area contributed by atoms with E-state index < -0.39 is 11.0 Å². The molecule has 7 heteroatoms. The van der Waals surface area contributed by atoms with Gasteiger partial charge in [-0.05, 0) is 30.7 Å². The highest BCUT2D eigenvalue weighted by Gasteiger charge is 2.14. The predicted molar refractivity (Wildman–Crippen MR) is 81.9 cm³/mol. The summed E-state index contributed by atoms with van der Waals surface area (Å²) in [6, 6.07) is 10.9. The number of rotatable bonds is 3. The maximum Gasteiger partial charge on any atom is 0.323 e. The molecule has 0 bridgehead atoms. The average molecular weight is 306 g/mol. The van der Waals surface area contributed by atoms with Gasteiger partial charge in [-0.2, -0.15) is 0 Å². The predicted octanol–water partition coefficient (Wildman–Crippen LogP) is 4.20. The standard InChI is InChI=1S/C14H12ClN3O3/c1-9-4-2-3-5-12(9)17-14(19)16-10-6-7-11(15)13(8-10)18(20)21/h2-8H,1H3,(H2,16,17,19). The van der Waals surface area contributed by atoms with Crippen LogP contribution >= 0.6 is 11.6 Å². The molecule has 0 radical (unpaired) electrons. The lowest BCUT2D eigenvalue weighted by Gasteiger charge is -2.09. The zero-order valence-corrected chi connectivity index (χ0v) is 11.8. The molecule has 108 valence electrons. The zero-order valence-electron chi connectivity index (χ0n) is 11.1. The van der Waals surface area contributed by atoms with Crippen molar-refractivity contribution < 1.29 is 9.72 Å². The van der Waals surface area contributed by atoms with Crippen LogP contribution in [-0.4, -0.2) is 11.0 Å². The lowest BCUT2D eigenvalue weighted by molar-refractivity contribution is -0.384. The van der Waals surface area contributed by atoms with Gasteiger partial charge in [-0.25, -0.2) is 4.79 Å². The third kappa shape index (κ3) is 3.70. The van der Waals surface area contributed by atoms with Gasteiger partial charge in [0.1, 0.15) is 5.02 Å². The van der Waals surface area contributed by atoms with E-state index in [4.69, 9.17) is 11.6 Å². The summed E-state index contributed by atoms with van der Waals surface area (Å²) in [4.78, 5) is 22.1. The van der Waals surface area contributed by atoms with Crippen molar-refractivity contribution in [1.82, 2.24) is 0 Å². The largest absolute Gasteiger partial charge is 0.323 e. The van der Waals surface area contributed by atoms with E-state index in [9.17, 15) is 14.9 Å². The van der Waals surface area contributed by atoms with Crippen molar-refractivity contribution in [3.63, 3.8) is 0 Å². The number of urea groups is 1. The summed E-state index contributed by atoms with van der Waals surface area (Å²) in [6.45, 7) is 1.86. The molecule has 0 aliphatic carbocycles. The number of para-hydroxylation sites is 1. The molecule has 0 saturated carbocycles. The van der Waals surface area contributed by atoms with E-state index >= 15 is 0 Å².